The quantitative estimate of drug-likeness (QED) is 0.785. The van der Waals surface area contributed by atoms with Crippen molar-refractivity contribution in [2.75, 3.05) is 19.4 Å². The number of amides is 1. The molecule has 0 bridgehead atoms. The number of aryl methyl sites for hydroxylation is 1. The van der Waals surface area contributed by atoms with Gasteiger partial charge in [0, 0.05) is 24.9 Å². The van der Waals surface area contributed by atoms with Gasteiger partial charge in [0.25, 0.3) is 5.91 Å². The van der Waals surface area contributed by atoms with Crippen molar-refractivity contribution in [2.24, 2.45) is 5.92 Å². The summed E-state index contributed by atoms with van der Waals surface area (Å²) >= 11 is 0. The van der Waals surface area contributed by atoms with E-state index in [9.17, 15) is 4.79 Å². The first-order valence-corrected chi connectivity index (χ1v) is 6.12. The monoisotopic (exact) mass is 250 g/mol. The second-order valence-electron chi connectivity index (χ2n) is 4.80. The van der Waals surface area contributed by atoms with Crippen LogP contribution in [0.3, 0.4) is 0 Å². The Morgan fingerprint density at radius 1 is 1.44 bits per heavy atom. The summed E-state index contributed by atoms with van der Waals surface area (Å²) in [4.78, 5) is 12.0. The summed E-state index contributed by atoms with van der Waals surface area (Å²) in [5, 5.41) is 2.88. The van der Waals surface area contributed by atoms with Gasteiger partial charge in [0.1, 0.15) is 0 Å². The van der Waals surface area contributed by atoms with Crippen LogP contribution in [-0.2, 0) is 4.74 Å². The standard InChI is InChI=1S/C14H22N2O2/c1-9(2)13(18-4)8-16-14(17)12-7-11(15)6-5-10(12)3/h5-7,9,13H,8,15H2,1-4H3,(H,16,17). The van der Waals surface area contributed by atoms with Gasteiger partial charge in [-0.1, -0.05) is 19.9 Å². The number of methoxy groups -OCH3 is 1. The fourth-order valence-electron chi connectivity index (χ4n) is 1.76. The molecule has 3 N–H and O–H groups in total. The summed E-state index contributed by atoms with van der Waals surface area (Å²) in [6, 6.07) is 5.33. The molecule has 1 unspecified atom stereocenters. The van der Waals surface area contributed by atoms with Gasteiger partial charge in [-0.25, -0.2) is 0 Å². The number of hydrogen-bond acceptors (Lipinski definition) is 3. The molecule has 0 aliphatic heterocycles. The number of carbonyl (C=O) groups excluding carboxylic acids is 1. The average molecular weight is 250 g/mol. The van der Waals surface area contributed by atoms with E-state index in [2.05, 4.69) is 19.2 Å². The van der Waals surface area contributed by atoms with Gasteiger partial charge in [-0.3, -0.25) is 4.79 Å². The van der Waals surface area contributed by atoms with Crippen LogP contribution in [0.5, 0.6) is 0 Å². The average Bonchev–Trinajstić information content (AvgIpc) is 2.32. The van der Waals surface area contributed by atoms with E-state index in [1.807, 2.05) is 13.0 Å². The fraction of sp³-hybridized carbons (Fsp3) is 0.500. The lowest BCUT2D eigenvalue weighted by atomic mass is 10.1. The van der Waals surface area contributed by atoms with Crippen molar-refractivity contribution in [3.8, 4) is 0 Å². The second-order valence-corrected chi connectivity index (χ2v) is 4.80. The van der Waals surface area contributed by atoms with Crippen LogP contribution >= 0.6 is 0 Å². The first-order chi connectivity index (χ1) is 8.45. The molecule has 0 aromatic heterocycles. The van der Waals surface area contributed by atoms with Crippen LogP contribution in [-0.4, -0.2) is 25.7 Å². The largest absolute Gasteiger partial charge is 0.399 e. The molecule has 1 aromatic carbocycles. The molecule has 1 rings (SSSR count). The highest BCUT2D eigenvalue weighted by atomic mass is 16.5. The predicted molar refractivity (Wildman–Crippen MR) is 73.6 cm³/mol. The Hall–Kier alpha value is -1.55. The van der Waals surface area contributed by atoms with E-state index in [0.29, 0.717) is 23.7 Å². The Morgan fingerprint density at radius 2 is 2.11 bits per heavy atom. The Bertz CT molecular complexity index is 416. The van der Waals surface area contributed by atoms with Crippen LogP contribution in [0.4, 0.5) is 5.69 Å². The highest BCUT2D eigenvalue weighted by Crippen LogP contribution is 2.12. The zero-order chi connectivity index (χ0) is 13.7. The van der Waals surface area contributed by atoms with Gasteiger partial charge in [0.2, 0.25) is 0 Å². The molecule has 0 saturated carbocycles. The number of carbonyl (C=O) groups is 1. The summed E-state index contributed by atoms with van der Waals surface area (Å²) in [6.45, 7) is 6.52. The smallest absolute Gasteiger partial charge is 0.251 e. The first kappa shape index (κ1) is 14.5. The molecule has 100 valence electrons. The van der Waals surface area contributed by atoms with Gasteiger partial charge in [-0.05, 0) is 30.5 Å². The second kappa shape index (κ2) is 6.40. The minimum Gasteiger partial charge on any atom is -0.399 e. The SMILES string of the molecule is COC(CNC(=O)c1cc(N)ccc1C)C(C)C. The fourth-order valence-corrected chi connectivity index (χ4v) is 1.76. The van der Waals surface area contributed by atoms with Crippen molar-refractivity contribution in [3.05, 3.63) is 29.3 Å². The van der Waals surface area contributed by atoms with Crippen LogP contribution in [0.15, 0.2) is 18.2 Å². The van der Waals surface area contributed by atoms with Crippen molar-refractivity contribution in [3.63, 3.8) is 0 Å². The van der Waals surface area contributed by atoms with E-state index in [0.717, 1.165) is 5.56 Å². The van der Waals surface area contributed by atoms with Crippen molar-refractivity contribution in [1.29, 1.82) is 0 Å². The third-order valence-electron chi connectivity index (χ3n) is 3.02. The number of benzene rings is 1. The van der Waals surface area contributed by atoms with Crippen LogP contribution < -0.4 is 11.1 Å². The molecular weight excluding hydrogens is 228 g/mol. The Labute approximate surface area is 109 Å². The van der Waals surface area contributed by atoms with Crippen LogP contribution in [0.1, 0.15) is 29.8 Å². The molecule has 18 heavy (non-hydrogen) atoms. The van der Waals surface area contributed by atoms with E-state index >= 15 is 0 Å². The molecule has 0 fully saturated rings. The summed E-state index contributed by atoms with van der Waals surface area (Å²) in [7, 11) is 1.66. The maximum absolute atomic E-state index is 12.0. The minimum atomic E-state index is -0.109. The maximum Gasteiger partial charge on any atom is 0.251 e. The first-order valence-electron chi connectivity index (χ1n) is 6.12. The summed E-state index contributed by atoms with van der Waals surface area (Å²) in [5.74, 6) is 0.250. The third-order valence-corrected chi connectivity index (χ3v) is 3.02. The maximum atomic E-state index is 12.0. The van der Waals surface area contributed by atoms with E-state index in [1.54, 1.807) is 19.2 Å². The molecule has 4 nitrogen and oxygen atoms in total. The predicted octanol–water partition coefficient (Wildman–Crippen LogP) is 1.98. The van der Waals surface area contributed by atoms with Crippen molar-refractivity contribution >= 4 is 11.6 Å². The van der Waals surface area contributed by atoms with Gasteiger partial charge >= 0.3 is 0 Å². The number of rotatable bonds is 5. The Balaban J connectivity index is 2.68. The Kier molecular flexibility index (Phi) is 5.16. The van der Waals surface area contributed by atoms with Crippen LogP contribution in [0.25, 0.3) is 0 Å². The van der Waals surface area contributed by atoms with E-state index in [1.165, 1.54) is 0 Å². The number of nitrogens with two attached hydrogens (primary N) is 1. The molecule has 0 heterocycles. The van der Waals surface area contributed by atoms with Gasteiger partial charge in [-0.2, -0.15) is 0 Å². The highest BCUT2D eigenvalue weighted by Gasteiger charge is 2.15. The normalized spacial score (nSPS) is 12.5. The summed E-state index contributed by atoms with van der Waals surface area (Å²) < 4.78 is 5.31. The van der Waals surface area contributed by atoms with Gasteiger partial charge < -0.3 is 15.8 Å². The lowest BCUT2D eigenvalue weighted by molar-refractivity contribution is 0.0605. The summed E-state index contributed by atoms with van der Waals surface area (Å²) in [6.07, 6.45) is 0.0234. The molecule has 4 heteroatoms. The van der Waals surface area contributed by atoms with E-state index in [-0.39, 0.29) is 12.0 Å². The van der Waals surface area contributed by atoms with Crippen molar-refractivity contribution < 1.29 is 9.53 Å². The lowest BCUT2D eigenvalue weighted by Crippen LogP contribution is -2.36. The van der Waals surface area contributed by atoms with Gasteiger partial charge in [-0.15, -0.1) is 0 Å². The summed E-state index contributed by atoms with van der Waals surface area (Å²) in [5.41, 5.74) is 7.82. The molecule has 0 aliphatic rings. The van der Waals surface area contributed by atoms with E-state index in [4.69, 9.17) is 10.5 Å². The Morgan fingerprint density at radius 3 is 2.67 bits per heavy atom. The highest BCUT2D eigenvalue weighted by molar-refractivity contribution is 5.96. The van der Waals surface area contributed by atoms with Gasteiger partial charge in [0.05, 0.1) is 6.10 Å². The molecule has 0 radical (unpaired) electrons. The van der Waals surface area contributed by atoms with Crippen LogP contribution in [0.2, 0.25) is 0 Å². The molecule has 1 atom stereocenters. The molecular formula is C14H22N2O2. The zero-order valence-corrected chi connectivity index (χ0v) is 11.5. The number of nitrogens with one attached hydrogen (secondary N) is 1. The number of nitrogen functional groups attached to an aromatic ring is 1. The molecule has 0 saturated heterocycles. The minimum absolute atomic E-state index is 0.0234. The molecule has 1 amide bonds. The number of hydrogen-bond donors (Lipinski definition) is 2. The van der Waals surface area contributed by atoms with Crippen LogP contribution in [0, 0.1) is 12.8 Å². The number of ether oxygens (including phenoxy) is 1. The topological polar surface area (TPSA) is 64.3 Å². The van der Waals surface area contributed by atoms with Gasteiger partial charge in [0.15, 0.2) is 0 Å². The molecule has 0 aliphatic carbocycles. The molecule has 0 spiro atoms. The molecule has 1 aromatic rings. The van der Waals surface area contributed by atoms with Crippen molar-refractivity contribution in [1.82, 2.24) is 5.32 Å². The number of anilines is 1. The third kappa shape index (κ3) is 3.74. The van der Waals surface area contributed by atoms with E-state index < -0.39 is 0 Å². The lowest BCUT2D eigenvalue weighted by Gasteiger charge is -2.19. The van der Waals surface area contributed by atoms with Crippen molar-refractivity contribution in [2.45, 2.75) is 26.9 Å². The zero-order valence-electron chi connectivity index (χ0n) is 11.5.